The van der Waals surface area contributed by atoms with Crippen LogP contribution in [0, 0.1) is 10.1 Å². The number of ether oxygens (including phenoxy) is 1. The Labute approximate surface area is 201 Å². The normalized spacial score (nSPS) is 11.2. The summed E-state index contributed by atoms with van der Waals surface area (Å²) in [4.78, 5) is 33.3. The van der Waals surface area contributed by atoms with Crippen LogP contribution in [0.1, 0.15) is 19.3 Å². The number of thiazole rings is 1. The van der Waals surface area contributed by atoms with Crippen molar-refractivity contribution in [3.8, 4) is 5.75 Å². The molecule has 0 atom stereocenters. The third kappa shape index (κ3) is 7.15. The van der Waals surface area contributed by atoms with Crippen LogP contribution >= 0.6 is 23.1 Å². The summed E-state index contributed by atoms with van der Waals surface area (Å²) in [5.74, 6) is 1.68. The van der Waals surface area contributed by atoms with E-state index in [0.29, 0.717) is 28.3 Å². The predicted molar refractivity (Wildman–Crippen MR) is 135 cm³/mol. The van der Waals surface area contributed by atoms with Crippen molar-refractivity contribution in [1.29, 1.82) is 0 Å². The highest BCUT2D eigenvalue weighted by atomic mass is 32.2. The van der Waals surface area contributed by atoms with Gasteiger partial charge in [-0.25, -0.2) is 4.98 Å². The number of carbonyl (C=O) groups is 1. The molecule has 0 radical (unpaired) electrons. The number of methoxy groups -OCH3 is 1. The Balaban J connectivity index is 1.65. The molecule has 1 amide bonds. The van der Waals surface area contributed by atoms with Crippen LogP contribution in [0.5, 0.6) is 5.75 Å². The number of anilines is 1. The molecule has 0 aliphatic heterocycles. The van der Waals surface area contributed by atoms with Gasteiger partial charge in [0.1, 0.15) is 5.75 Å². The maximum atomic E-state index is 13.1. The lowest BCUT2D eigenvalue weighted by Gasteiger charge is -2.21. The average Bonchev–Trinajstić information content (AvgIpc) is 3.22. The van der Waals surface area contributed by atoms with Gasteiger partial charge < -0.3 is 9.64 Å². The van der Waals surface area contributed by atoms with E-state index in [1.54, 1.807) is 29.8 Å². The van der Waals surface area contributed by atoms with Gasteiger partial charge in [0.25, 0.3) is 5.69 Å². The molecule has 1 heterocycles. The summed E-state index contributed by atoms with van der Waals surface area (Å²) < 4.78 is 5.89. The largest absolute Gasteiger partial charge is 0.497 e. The number of non-ortho nitro benzene ring substituents is 1. The quantitative estimate of drug-likeness (QED) is 0.152. The number of nitro groups is 1. The standard InChI is InChI=1S/C23H28N4O4S2/c1-25(2)13-5-14-26(23-24-20-12-7-17(27(29)30)16-21(20)33-23)22(28)6-4-15-32-19-10-8-18(31-3)9-11-19/h7-12,16H,4-6,13-15H2,1-3H3. The molecule has 0 unspecified atom stereocenters. The fourth-order valence-electron chi connectivity index (χ4n) is 3.22. The summed E-state index contributed by atoms with van der Waals surface area (Å²) in [6.07, 6.45) is 1.98. The first-order valence-corrected chi connectivity index (χ1v) is 12.4. The number of nitrogens with zero attached hydrogens (tertiary/aromatic N) is 4. The lowest BCUT2D eigenvalue weighted by molar-refractivity contribution is -0.384. The van der Waals surface area contributed by atoms with E-state index < -0.39 is 4.92 Å². The van der Waals surface area contributed by atoms with Crippen molar-refractivity contribution in [2.24, 2.45) is 0 Å². The number of hydrogen-bond donors (Lipinski definition) is 0. The SMILES string of the molecule is COc1ccc(SCCCC(=O)N(CCCN(C)C)c2nc3ccc([N+](=O)[O-])cc3s2)cc1. The second kappa shape index (κ2) is 12.0. The van der Waals surface area contributed by atoms with E-state index in [0.717, 1.165) is 35.8 Å². The molecule has 33 heavy (non-hydrogen) atoms. The number of carbonyl (C=O) groups excluding carboxylic acids is 1. The molecule has 176 valence electrons. The van der Waals surface area contributed by atoms with E-state index in [9.17, 15) is 14.9 Å². The fourth-order valence-corrected chi connectivity index (χ4v) is 5.12. The first-order chi connectivity index (χ1) is 15.9. The first kappa shape index (κ1) is 24.9. The van der Waals surface area contributed by atoms with E-state index in [2.05, 4.69) is 9.88 Å². The molecule has 0 bridgehead atoms. The van der Waals surface area contributed by atoms with Crippen LogP contribution in [0.15, 0.2) is 47.4 Å². The second-order valence-electron chi connectivity index (χ2n) is 7.74. The number of benzene rings is 2. The molecule has 0 N–H and O–H groups in total. The number of nitro benzene ring substituents is 1. The number of hydrogen-bond acceptors (Lipinski definition) is 8. The lowest BCUT2D eigenvalue weighted by atomic mass is 10.3. The number of amides is 1. The van der Waals surface area contributed by atoms with Crippen molar-refractivity contribution < 1.29 is 14.5 Å². The highest BCUT2D eigenvalue weighted by molar-refractivity contribution is 7.99. The van der Waals surface area contributed by atoms with Gasteiger partial charge in [-0.3, -0.25) is 19.8 Å². The highest BCUT2D eigenvalue weighted by Gasteiger charge is 2.20. The fraction of sp³-hybridized carbons (Fsp3) is 0.391. The van der Waals surface area contributed by atoms with Crippen molar-refractivity contribution in [1.82, 2.24) is 9.88 Å². The Bertz CT molecular complexity index is 1090. The summed E-state index contributed by atoms with van der Waals surface area (Å²) in [5, 5.41) is 11.7. The van der Waals surface area contributed by atoms with Gasteiger partial charge in [0, 0.05) is 30.0 Å². The van der Waals surface area contributed by atoms with Crippen molar-refractivity contribution in [3.63, 3.8) is 0 Å². The molecule has 0 saturated heterocycles. The maximum absolute atomic E-state index is 13.1. The van der Waals surface area contributed by atoms with Gasteiger partial charge in [0.05, 0.1) is 22.2 Å². The van der Waals surface area contributed by atoms with Gasteiger partial charge in [-0.05, 0) is 69.6 Å². The average molecular weight is 489 g/mol. The highest BCUT2D eigenvalue weighted by Crippen LogP contribution is 2.32. The number of aromatic nitrogens is 1. The maximum Gasteiger partial charge on any atom is 0.270 e. The summed E-state index contributed by atoms with van der Waals surface area (Å²) in [6.45, 7) is 1.41. The van der Waals surface area contributed by atoms with Gasteiger partial charge in [-0.2, -0.15) is 0 Å². The molecular weight excluding hydrogens is 460 g/mol. The Morgan fingerprint density at radius 1 is 1.15 bits per heavy atom. The van der Waals surface area contributed by atoms with Crippen molar-refractivity contribution in [2.45, 2.75) is 24.2 Å². The minimum Gasteiger partial charge on any atom is -0.497 e. The number of rotatable bonds is 12. The molecule has 0 saturated carbocycles. The summed E-state index contributed by atoms with van der Waals surface area (Å²) in [7, 11) is 5.64. The molecule has 1 aromatic heterocycles. The van der Waals surface area contributed by atoms with Crippen LogP contribution in [0.2, 0.25) is 0 Å². The van der Waals surface area contributed by atoms with E-state index >= 15 is 0 Å². The first-order valence-electron chi connectivity index (χ1n) is 10.6. The zero-order chi connectivity index (χ0) is 23.8. The predicted octanol–water partition coefficient (Wildman–Crippen LogP) is 5.07. The summed E-state index contributed by atoms with van der Waals surface area (Å²) >= 11 is 3.03. The van der Waals surface area contributed by atoms with Crippen molar-refractivity contribution in [3.05, 3.63) is 52.6 Å². The van der Waals surface area contributed by atoms with Gasteiger partial charge in [0.2, 0.25) is 5.91 Å². The van der Waals surface area contributed by atoms with Crippen LogP contribution in [-0.2, 0) is 4.79 Å². The Kier molecular flexibility index (Phi) is 9.04. The van der Waals surface area contributed by atoms with E-state index in [4.69, 9.17) is 4.74 Å². The van der Waals surface area contributed by atoms with Gasteiger partial charge in [-0.1, -0.05) is 11.3 Å². The van der Waals surface area contributed by atoms with E-state index in [1.165, 1.54) is 23.5 Å². The summed E-state index contributed by atoms with van der Waals surface area (Å²) in [6, 6.07) is 12.5. The molecule has 0 spiro atoms. The number of fused-ring (bicyclic) bond motifs is 1. The van der Waals surface area contributed by atoms with Crippen LogP contribution in [0.4, 0.5) is 10.8 Å². The molecular formula is C23H28N4O4S2. The van der Waals surface area contributed by atoms with Gasteiger partial charge >= 0.3 is 0 Å². The van der Waals surface area contributed by atoms with Crippen LogP contribution < -0.4 is 9.64 Å². The minimum atomic E-state index is -0.417. The monoisotopic (exact) mass is 488 g/mol. The molecule has 2 aromatic carbocycles. The Morgan fingerprint density at radius 3 is 2.58 bits per heavy atom. The molecule has 0 aliphatic rings. The van der Waals surface area contributed by atoms with Crippen molar-refractivity contribution >= 4 is 50.0 Å². The van der Waals surface area contributed by atoms with Crippen LogP contribution in [-0.4, -0.2) is 60.8 Å². The van der Waals surface area contributed by atoms with Gasteiger partial charge in [0.15, 0.2) is 5.13 Å². The Hall–Kier alpha value is -2.69. The molecule has 3 aromatic rings. The topological polar surface area (TPSA) is 88.8 Å². The van der Waals surface area contributed by atoms with Crippen molar-refractivity contribution in [2.75, 3.05) is 44.9 Å². The zero-order valence-electron chi connectivity index (χ0n) is 19.0. The zero-order valence-corrected chi connectivity index (χ0v) is 20.7. The third-order valence-corrected chi connectivity index (χ3v) is 7.09. The molecule has 0 fully saturated rings. The van der Waals surface area contributed by atoms with Crippen LogP contribution in [0.3, 0.4) is 0 Å². The lowest BCUT2D eigenvalue weighted by Crippen LogP contribution is -2.33. The van der Waals surface area contributed by atoms with Crippen LogP contribution in [0.25, 0.3) is 10.2 Å². The van der Waals surface area contributed by atoms with E-state index in [-0.39, 0.29) is 11.6 Å². The molecule has 8 nitrogen and oxygen atoms in total. The van der Waals surface area contributed by atoms with Gasteiger partial charge in [-0.15, -0.1) is 11.8 Å². The second-order valence-corrected chi connectivity index (χ2v) is 9.91. The summed E-state index contributed by atoms with van der Waals surface area (Å²) in [5.41, 5.74) is 0.694. The molecule has 0 aliphatic carbocycles. The number of thioether (sulfide) groups is 1. The third-order valence-electron chi connectivity index (χ3n) is 4.95. The van der Waals surface area contributed by atoms with E-state index in [1.807, 2.05) is 38.4 Å². The molecule has 10 heteroatoms. The molecule has 3 rings (SSSR count). The minimum absolute atomic E-state index is 0.0256. The smallest absolute Gasteiger partial charge is 0.270 e. The Morgan fingerprint density at radius 2 is 1.91 bits per heavy atom.